The van der Waals surface area contributed by atoms with Gasteiger partial charge in [-0.05, 0) is 36.2 Å². The van der Waals surface area contributed by atoms with Crippen molar-refractivity contribution >= 4 is 44.4 Å². The summed E-state index contributed by atoms with van der Waals surface area (Å²) < 4.78 is 0.677. The molecule has 0 fully saturated rings. The van der Waals surface area contributed by atoms with E-state index in [1.165, 1.54) is 11.3 Å². The molecule has 0 bridgehead atoms. The summed E-state index contributed by atoms with van der Waals surface area (Å²) in [5, 5.41) is 15.9. The third kappa shape index (κ3) is 5.46. The lowest BCUT2D eigenvalue weighted by Gasteiger charge is -2.23. The summed E-state index contributed by atoms with van der Waals surface area (Å²) >= 11 is 4.51. The van der Waals surface area contributed by atoms with Crippen molar-refractivity contribution in [3.8, 4) is 0 Å². The Morgan fingerprint density at radius 3 is 2.72 bits per heavy atom. The Bertz CT molecular complexity index is 447. The normalized spacial score (nSPS) is 11.1. The molecule has 0 aliphatic carbocycles. The molecule has 0 aliphatic heterocycles. The van der Waals surface area contributed by atoms with Crippen molar-refractivity contribution in [2.45, 2.75) is 32.2 Å². The molecule has 0 atom stereocenters. The van der Waals surface area contributed by atoms with Gasteiger partial charge in [0.25, 0.3) is 0 Å². The third-order valence-corrected chi connectivity index (χ3v) is 3.61. The molecule has 100 valence electrons. The van der Waals surface area contributed by atoms with Gasteiger partial charge in [-0.2, -0.15) is 0 Å². The van der Waals surface area contributed by atoms with E-state index in [-0.39, 0.29) is 12.3 Å². The number of hydrogen-bond donors (Lipinski definition) is 3. The number of carboxylic acid groups (broad SMARTS) is 1. The van der Waals surface area contributed by atoms with E-state index in [1.807, 2.05) is 0 Å². The lowest BCUT2D eigenvalue weighted by molar-refractivity contribution is -0.116. The maximum absolute atomic E-state index is 11.6. The fraction of sp³-hybridized carbons (Fsp3) is 0.500. The van der Waals surface area contributed by atoms with Crippen LogP contribution in [0, 0.1) is 0 Å². The maximum atomic E-state index is 11.6. The molecule has 1 aromatic heterocycles. The summed E-state index contributed by atoms with van der Waals surface area (Å²) in [5.74, 6) is -0.183. The van der Waals surface area contributed by atoms with Crippen LogP contribution in [0.2, 0.25) is 0 Å². The first-order valence-corrected chi connectivity index (χ1v) is 6.88. The zero-order chi connectivity index (χ0) is 13.8. The van der Waals surface area contributed by atoms with Crippen molar-refractivity contribution in [3.05, 3.63) is 9.98 Å². The molecule has 1 heterocycles. The van der Waals surface area contributed by atoms with Crippen LogP contribution < -0.4 is 10.6 Å². The highest BCUT2D eigenvalue weighted by Crippen LogP contribution is 2.20. The molecule has 0 aromatic carbocycles. The summed E-state index contributed by atoms with van der Waals surface area (Å²) in [6.07, 6.45) is -0.452. The molecule has 0 spiro atoms. The summed E-state index contributed by atoms with van der Waals surface area (Å²) in [7, 11) is 0. The van der Waals surface area contributed by atoms with Crippen LogP contribution in [-0.4, -0.2) is 27.6 Å². The Balaban J connectivity index is 2.39. The van der Waals surface area contributed by atoms with Crippen molar-refractivity contribution in [2.75, 3.05) is 5.32 Å². The molecule has 18 heavy (non-hydrogen) atoms. The number of rotatable bonds is 5. The van der Waals surface area contributed by atoms with Crippen LogP contribution >= 0.6 is 27.3 Å². The zero-order valence-electron chi connectivity index (χ0n) is 9.99. The number of carbonyl (C=O) groups excluding carboxylic acids is 1. The minimum absolute atomic E-state index is 0.183. The molecule has 1 aromatic rings. The first-order chi connectivity index (χ1) is 8.28. The minimum atomic E-state index is -1.09. The topological polar surface area (TPSA) is 91.3 Å². The van der Waals surface area contributed by atoms with Crippen molar-refractivity contribution < 1.29 is 14.7 Å². The van der Waals surface area contributed by atoms with Gasteiger partial charge in [0.05, 0.1) is 0 Å². The molecule has 0 saturated carbocycles. The second-order valence-electron chi connectivity index (χ2n) is 4.34. The number of nitrogens with zero attached hydrogens (tertiary/aromatic N) is 1. The van der Waals surface area contributed by atoms with Gasteiger partial charge in [-0.15, -0.1) is 11.3 Å². The van der Waals surface area contributed by atoms with Crippen LogP contribution in [0.3, 0.4) is 0 Å². The number of amides is 2. The van der Waals surface area contributed by atoms with Gasteiger partial charge in [-0.25, -0.2) is 9.78 Å². The monoisotopic (exact) mass is 335 g/mol. The lowest BCUT2D eigenvalue weighted by Crippen LogP contribution is -2.43. The van der Waals surface area contributed by atoms with Gasteiger partial charge in [0.15, 0.2) is 5.13 Å². The van der Waals surface area contributed by atoms with Gasteiger partial charge in [0, 0.05) is 17.3 Å². The van der Waals surface area contributed by atoms with E-state index in [2.05, 4.69) is 31.5 Å². The number of hydrogen-bond acceptors (Lipinski definition) is 4. The largest absolute Gasteiger partial charge is 0.465 e. The van der Waals surface area contributed by atoms with E-state index in [0.717, 1.165) is 0 Å². The van der Waals surface area contributed by atoms with Gasteiger partial charge >= 0.3 is 6.09 Å². The number of thiazole rings is 1. The van der Waals surface area contributed by atoms with E-state index in [4.69, 9.17) is 5.11 Å². The van der Waals surface area contributed by atoms with E-state index >= 15 is 0 Å². The van der Waals surface area contributed by atoms with Crippen molar-refractivity contribution in [2.24, 2.45) is 0 Å². The molecule has 8 heteroatoms. The van der Waals surface area contributed by atoms with E-state index in [0.29, 0.717) is 16.2 Å². The maximum Gasteiger partial charge on any atom is 0.405 e. The highest BCUT2D eigenvalue weighted by molar-refractivity contribution is 9.10. The summed E-state index contributed by atoms with van der Waals surface area (Å²) in [6.45, 7) is 3.46. The molecule has 6 nitrogen and oxygen atoms in total. The first-order valence-electron chi connectivity index (χ1n) is 5.20. The average molecular weight is 336 g/mol. The van der Waals surface area contributed by atoms with Crippen molar-refractivity contribution in [3.63, 3.8) is 0 Å². The van der Waals surface area contributed by atoms with Gasteiger partial charge < -0.3 is 15.7 Å². The number of carbonyl (C=O) groups is 2. The average Bonchev–Trinajstić information content (AvgIpc) is 2.59. The van der Waals surface area contributed by atoms with Crippen LogP contribution in [0.25, 0.3) is 0 Å². The van der Waals surface area contributed by atoms with Crippen molar-refractivity contribution in [1.29, 1.82) is 0 Å². The smallest absolute Gasteiger partial charge is 0.405 e. The second kappa shape index (κ2) is 6.14. The predicted molar refractivity (Wildman–Crippen MR) is 72.9 cm³/mol. The molecule has 2 amide bonds. The van der Waals surface area contributed by atoms with Crippen LogP contribution in [0.15, 0.2) is 9.98 Å². The van der Waals surface area contributed by atoms with Crippen LogP contribution in [0.4, 0.5) is 9.93 Å². The highest BCUT2D eigenvalue weighted by Gasteiger charge is 2.21. The predicted octanol–water partition coefficient (Wildman–Crippen LogP) is 2.67. The quantitative estimate of drug-likeness (QED) is 0.771. The third-order valence-electron chi connectivity index (χ3n) is 2.14. The Kier molecular flexibility index (Phi) is 5.09. The Morgan fingerprint density at radius 2 is 2.22 bits per heavy atom. The first kappa shape index (κ1) is 14.9. The van der Waals surface area contributed by atoms with Gasteiger partial charge in [0.1, 0.15) is 4.60 Å². The molecule has 0 aliphatic rings. The van der Waals surface area contributed by atoms with Gasteiger partial charge in [-0.3, -0.25) is 4.79 Å². The highest BCUT2D eigenvalue weighted by atomic mass is 79.9. The Morgan fingerprint density at radius 1 is 1.56 bits per heavy atom. The SMILES string of the molecule is CC(C)(CCC(=O)Nc1nc(Br)cs1)NC(=O)O. The fourth-order valence-corrected chi connectivity index (χ4v) is 2.43. The van der Waals surface area contributed by atoms with E-state index in [9.17, 15) is 9.59 Å². The standard InChI is InChI=1S/C10H14BrN3O3S/c1-10(2,14-9(16)17)4-3-7(15)13-8-12-6(11)5-18-8/h5,14H,3-4H2,1-2H3,(H,16,17)(H,12,13,15). The van der Waals surface area contributed by atoms with Crippen LogP contribution in [0.1, 0.15) is 26.7 Å². The number of nitrogens with one attached hydrogen (secondary N) is 2. The summed E-state index contributed by atoms with van der Waals surface area (Å²) in [6, 6.07) is 0. The molecular weight excluding hydrogens is 322 g/mol. The van der Waals surface area contributed by atoms with Crippen LogP contribution in [-0.2, 0) is 4.79 Å². The summed E-state index contributed by atoms with van der Waals surface area (Å²) in [4.78, 5) is 26.2. The van der Waals surface area contributed by atoms with Gasteiger partial charge in [-0.1, -0.05) is 0 Å². The molecule has 0 unspecified atom stereocenters. The lowest BCUT2D eigenvalue weighted by atomic mass is 9.98. The minimum Gasteiger partial charge on any atom is -0.465 e. The molecular formula is C10H14BrN3O3S. The summed E-state index contributed by atoms with van der Waals surface area (Å²) in [5.41, 5.74) is -0.632. The van der Waals surface area contributed by atoms with Crippen molar-refractivity contribution in [1.82, 2.24) is 10.3 Å². The second-order valence-corrected chi connectivity index (χ2v) is 6.01. The molecule has 1 rings (SSSR count). The van der Waals surface area contributed by atoms with E-state index in [1.54, 1.807) is 19.2 Å². The molecule has 0 radical (unpaired) electrons. The van der Waals surface area contributed by atoms with E-state index < -0.39 is 11.6 Å². The fourth-order valence-electron chi connectivity index (χ4n) is 1.27. The molecule has 0 saturated heterocycles. The zero-order valence-corrected chi connectivity index (χ0v) is 12.4. The van der Waals surface area contributed by atoms with Crippen LogP contribution in [0.5, 0.6) is 0 Å². The number of aromatic nitrogens is 1. The Labute approximate surface area is 117 Å². The number of halogens is 1. The number of anilines is 1. The van der Waals surface area contributed by atoms with Gasteiger partial charge in [0.2, 0.25) is 5.91 Å². The Hall–Kier alpha value is -1.15. The molecule has 3 N–H and O–H groups in total.